The Morgan fingerprint density at radius 2 is 1.28 bits per heavy atom. The van der Waals surface area contributed by atoms with Crippen molar-refractivity contribution in [1.82, 2.24) is 4.90 Å². The predicted octanol–water partition coefficient (Wildman–Crippen LogP) is 7.99. The minimum atomic E-state index is -0.664. The summed E-state index contributed by atoms with van der Waals surface area (Å²) >= 11 is 0. The van der Waals surface area contributed by atoms with Crippen molar-refractivity contribution in [1.29, 1.82) is 0 Å². The maximum absolute atomic E-state index is 10.3. The lowest BCUT2D eigenvalue weighted by Crippen LogP contribution is -2.29. The summed E-state index contributed by atoms with van der Waals surface area (Å²) in [6, 6.07) is 0.888. The van der Waals surface area contributed by atoms with E-state index in [1.807, 2.05) is 0 Å². The number of hydrogen-bond donors (Lipinski definition) is 1. The summed E-state index contributed by atoms with van der Waals surface area (Å²) in [4.78, 5) is 12.7. The van der Waals surface area contributed by atoms with E-state index in [0.29, 0.717) is 6.42 Å². The fourth-order valence-corrected chi connectivity index (χ4v) is 3.94. The van der Waals surface area contributed by atoms with E-state index in [1.165, 1.54) is 103 Å². The van der Waals surface area contributed by atoms with Crippen LogP contribution in [0.5, 0.6) is 0 Å². The van der Waals surface area contributed by atoms with Gasteiger partial charge in [-0.15, -0.1) is 0 Å². The minimum Gasteiger partial charge on any atom is -0.481 e. The Labute approximate surface area is 182 Å². The number of carboxylic acid groups (broad SMARTS) is 1. The summed E-state index contributed by atoms with van der Waals surface area (Å²) in [7, 11) is 4.38. The molecule has 0 aromatic carbocycles. The first-order chi connectivity index (χ1) is 14.1. The standard InChI is InChI=1S/C18H34O2.C8H17N/c1-2-3-4-5-6-7-8-9-10-11-12-13-14-15-16-17-18(19)20;1-9(2)8-6-4-3-5-7-8/h9-10H,2-8,11-17H2,1H3,(H,19,20);8H,3-7H2,1-2H3/b10-9+;. The van der Waals surface area contributed by atoms with Crippen LogP contribution < -0.4 is 0 Å². The van der Waals surface area contributed by atoms with Gasteiger partial charge in [0.2, 0.25) is 0 Å². The van der Waals surface area contributed by atoms with Gasteiger partial charge >= 0.3 is 5.97 Å². The zero-order chi connectivity index (χ0) is 21.6. The van der Waals surface area contributed by atoms with Crippen molar-refractivity contribution in [3.63, 3.8) is 0 Å². The van der Waals surface area contributed by atoms with Gasteiger partial charge in [-0.25, -0.2) is 0 Å². The molecule has 0 spiro atoms. The molecule has 1 saturated carbocycles. The number of allylic oxidation sites excluding steroid dienone is 2. The number of aliphatic carboxylic acids is 1. The van der Waals surface area contributed by atoms with Crippen LogP contribution in [-0.2, 0) is 4.79 Å². The monoisotopic (exact) mass is 409 g/mol. The Morgan fingerprint density at radius 3 is 1.72 bits per heavy atom. The third-order valence-corrected chi connectivity index (χ3v) is 5.96. The van der Waals surface area contributed by atoms with Gasteiger partial charge in [-0.05, 0) is 59.0 Å². The molecule has 29 heavy (non-hydrogen) atoms. The summed E-state index contributed by atoms with van der Waals surface area (Å²) in [5.74, 6) is -0.664. The molecule has 0 heterocycles. The van der Waals surface area contributed by atoms with Crippen LogP contribution >= 0.6 is 0 Å². The summed E-state index contributed by atoms with van der Waals surface area (Å²) < 4.78 is 0. The van der Waals surface area contributed by atoms with Gasteiger partial charge in [0, 0.05) is 12.5 Å². The lowest BCUT2D eigenvalue weighted by Gasteiger charge is -2.27. The Bertz CT molecular complexity index is 373. The minimum absolute atomic E-state index is 0.332. The Hall–Kier alpha value is -0.830. The SMILES string of the molecule is CCCCCCCC/C=C/CCCCCCCC(=O)O.CN(C)C1CCCCC1. The van der Waals surface area contributed by atoms with E-state index in [4.69, 9.17) is 5.11 Å². The summed E-state index contributed by atoms with van der Waals surface area (Å²) in [6.45, 7) is 2.26. The lowest BCUT2D eigenvalue weighted by atomic mass is 9.95. The maximum Gasteiger partial charge on any atom is 0.303 e. The van der Waals surface area contributed by atoms with Crippen LogP contribution in [0.1, 0.15) is 129 Å². The molecule has 0 aromatic rings. The largest absolute Gasteiger partial charge is 0.481 e. The molecule has 0 radical (unpaired) electrons. The molecule has 172 valence electrons. The molecule has 1 aliphatic carbocycles. The molecular weight excluding hydrogens is 358 g/mol. The summed E-state index contributed by atoms with van der Waals surface area (Å²) in [5, 5.41) is 8.51. The molecule has 0 unspecified atom stereocenters. The highest BCUT2D eigenvalue weighted by molar-refractivity contribution is 5.66. The summed E-state index contributed by atoms with van der Waals surface area (Å²) in [5.41, 5.74) is 0. The Morgan fingerprint density at radius 1 is 0.793 bits per heavy atom. The third kappa shape index (κ3) is 21.7. The Balaban J connectivity index is 0.000000717. The second-order valence-electron chi connectivity index (χ2n) is 8.98. The molecule has 1 N–H and O–H groups in total. The second kappa shape index (κ2) is 21.9. The zero-order valence-electron chi connectivity index (χ0n) is 20.0. The predicted molar refractivity (Wildman–Crippen MR) is 128 cm³/mol. The number of hydrogen-bond acceptors (Lipinski definition) is 2. The first-order valence-electron chi connectivity index (χ1n) is 12.6. The molecule has 3 heteroatoms. The number of carbonyl (C=O) groups is 1. The van der Waals surface area contributed by atoms with Gasteiger partial charge in [0.05, 0.1) is 0 Å². The van der Waals surface area contributed by atoms with E-state index in [9.17, 15) is 4.79 Å². The average Bonchev–Trinajstić information content (AvgIpc) is 2.72. The van der Waals surface area contributed by atoms with Crippen LogP contribution in [0.25, 0.3) is 0 Å². The van der Waals surface area contributed by atoms with Crippen molar-refractivity contribution in [3.8, 4) is 0 Å². The van der Waals surface area contributed by atoms with Gasteiger partial charge in [-0.2, -0.15) is 0 Å². The van der Waals surface area contributed by atoms with Crippen LogP contribution in [0.15, 0.2) is 12.2 Å². The topological polar surface area (TPSA) is 40.5 Å². The third-order valence-electron chi connectivity index (χ3n) is 5.96. The molecule has 0 amide bonds. The summed E-state index contributed by atoms with van der Waals surface area (Å²) in [6.07, 6.45) is 28.4. The molecular formula is C26H51NO2. The number of unbranched alkanes of at least 4 members (excludes halogenated alkanes) is 11. The average molecular weight is 410 g/mol. The fraction of sp³-hybridized carbons (Fsp3) is 0.885. The smallest absolute Gasteiger partial charge is 0.303 e. The van der Waals surface area contributed by atoms with Gasteiger partial charge in [0.15, 0.2) is 0 Å². The van der Waals surface area contributed by atoms with E-state index in [-0.39, 0.29) is 0 Å². The van der Waals surface area contributed by atoms with E-state index < -0.39 is 5.97 Å². The molecule has 0 aromatic heterocycles. The second-order valence-corrected chi connectivity index (χ2v) is 8.98. The van der Waals surface area contributed by atoms with Crippen LogP contribution in [0.2, 0.25) is 0 Å². The molecule has 0 aliphatic heterocycles. The van der Waals surface area contributed by atoms with E-state index in [2.05, 4.69) is 38.1 Å². The highest BCUT2D eigenvalue weighted by atomic mass is 16.4. The van der Waals surface area contributed by atoms with Crippen LogP contribution in [0.4, 0.5) is 0 Å². The van der Waals surface area contributed by atoms with Crippen molar-refractivity contribution in [3.05, 3.63) is 12.2 Å². The number of rotatable bonds is 16. The van der Waals surface area contributed by atoms with Crippen molar-refractivity contribution in [2.75, 3.05) is 14.1 Å². The van der Waals surface area contributed by atoms with Crippen molar-refractivity contribution >= 4 is 5.97 Å². The van der Waals surface area contributed by atoms with Gasteiger partial charge in [-0.3, -0.25) is 4.79 Å². The van der Waals surface area contributed by atoms with Gasteiger partial charge in [0.25, 0.3) is 0 Å². The van der Waals surface area contributed by atoms with Crippen LogP contribution in [0.3, 0.4) is 0 Å². The van der Waals surface area contributed by atoms with E-state index >= 15 is 0 Å². The van der Waals surface area contributed by atoms with Gasteiger partial charge in [-0.1, -0.05) is 89.7 Å². The van der Waals surface area contributed by atoms with Gasteiger partial charge in [0.1, 0.15) is 0 Å². The molecule has 1 fully saturated rings. The first-order valence-corrected chi connectivity index (χ1v) is 12.6. The van der Waals surface area contributed by atoms with E-state index in [1.54, 1.807) is 0 Å². The molecule has 0 atom stereocenters. The van der Waals surface area contributed by atoms with Crippen LogP contribution in [0, 0.1) is 0 Å². The number of carboxylic acids is 1. The first kappa shape index (κ1) is 28.2. The van der Waals surface area contributed by atoms with Crippen molar-refractivity contribution in [2.24, 2.45) is 0 Å². The molecule has 1 aliphatic rings. The zero-order valence-corrected chi connectivity index (χ0v) is 20.0. The highest BCUT2D eigenvalue weighted by Gasteiger charge is 2.13. The number of nitrogens with zero attached hydrogens (tertiary/aromatic N) is 1. The van der Waals surface area contributed by atoms with Crippen molar-refractivity contribution in [2.45, 2.75) is 135 Å². The van der Waals surface area contributed by atoms with E-state index in [0.717, 1.165) is 18.9 Å². The normalized spacial score (nSPS) is 14.9. The van der Waals surface area contributed by atoms with Crippen LogP contribution in [-0.4, -0.2) is 36.1 Å². The lowest BCUT2D eigenvalue weighted by molar-refractivity contribution is -0.137. The van der Waals surface area contributed by atoms with Crippen molar-refractivity contribution < 1.29 is 9.90 Å². The fourth-order valence-electron chi connectivity index (χ4n) is 3.94. The molecule has 0 saturated heterocycles. The highest BCUT2D eigenvalue weighted by Crippen LogP contribution is 2.20. The van der Waals surface area contributed by atoms with Gasteiger partial charge < -0.3 is 10.0 Å². The molecule has 3 nitrogen and oxygen atoms in total. The Kier molecular flexibility index (Phi) is 21.2. The molecule has 0 bridgehead atoms. The quantitative estimate of drug-likeness (QED) is 0.207. The maximum atomic E-state index is 10.3. The molecule has 1 rings (SSSR count).